The summed E-state index contributed by atoms with van der Waals surface area (Å²) in [7, 11) is 0. The predicted molar refractivity (Wildman–Crippen MR) is 64.5 cm³/mol. The van der Waals surface area contributed by atoms with E-state index >= 15 is 0 Å². The fourth-order valence-corrected chi connectivity index (χ4v) is 1.75. The van der Waals surface area contributed by atoms with Gasteiger partial charge in [-0.1, -0.05) is 39.0 Å². The first-order chi connectivity index (χ1) is 7.06. The normalized spacial score (nSPS) is 27.0. The number of aliphatic hydroxyl groups excluding tert-OH is 1. The average Bonchev–Trinajstić information content (AvgIpc) is 2.17. The Labute approximate surface area is 92.2 Å². The minimum Gasteiger partial charge on any atom is -0.512 e. The van der Waals surface area contributed by atoms with E-state index in [1.54, 1.807) is 0 Å². The van der Waals surface area contributed by atoms with Crippen LogP contribution in [0.1, 0.15) is 27.2 Å². The molecule has 84 valence electrons. The van der Waals surface area contributed by atoms with Crippen molar-refractivity contribution in [1.82, 2.24) is 0 Å². The summed E-state index contributed by atoms with van der Waals surface area (Å²) in [5.41, 5.74) is 7.26. The number of hydrogen-bond donors (Lipinski definition) is 2. The van der Waals surface area contributed by atoms with Crippen LogP contribution >= 0.6 is 0 Å². The smallest absolute Gasteiger partial charge is 0.0970 e. The molecule has 0 aromatic carbocycles. The SMILES string of the molecule is CC/C=C(/O)C1C=CC(C(C)C)=CC1N. The van der Waals surface area contributed by atoms with Gasteiger partial charge in [0.2, 0.25) is 0 Å². The molecule has 0 amide bonds. The zero-order valence-electron chi connectivity index (χ0n) is 9.77. The van der Waals surface area contributed by atoms with Crippen LogP contribution in [0.15, 0.2) is 35.6 Å². The number of rotatable bonds is 3. The molecule has 0 spiro atoms. The second-order valence-electron chi connectivity index (χ2n) is 4.32. The van der Waals surface area contributed by atoms with Crippen LogP contribution in [0, 0.1) is 11.8 Å². The molecule has 0 aromatic rings. The van der Waals surface area contributed by atoms with E-state index in [0.29, 0.717) is 11.7 Å². The van der Waals surface area contributed by atoms with Gasteiger partial charge in [-0.3, -0.25) is 0 Å². The molecule has 0 aliphatic heterocycles. The van der Waals surface area contributed by atoms with Gasteiger partial charge in [0.05, 0.1) is 11.7 Å². The topological polar surface area (TPSA) is 46.2 Å². The fourth-order valence-electron chi connectivity index (χ4n) is 1.75. The lowest BCUT2D eigenvalue weighted by molar-refractivity contribution is 0.340. The molecule has 1 aliphatic carbocycles. The van der Waals surface area contributed by atoms with Crippen molar-refractivity contribution < 1.29 is 5.11 Å². The molecule has 1 rings (SSSR count). The monoisotopic (exact) mass is 207 g/mol. The van der Waals surface area contributed by atoms with Crippen molar-refractivity contribution in [3.8, 4) is 0 Å². The summed E-state index contributed by atoms with van der Waals surface area (Å²) in [6.45, 7) is 6.29. The molecule has 0 saturated heterocycles. The molecule has 2 heteroatoms. The van der Waals surface area contributed by atoms with Gasteiger partial charge in [0.25, 0.3) is 0 Å². The fraction of sp³-hybridized carbons (Fsp3) is 0.538. The van der Waals surface area contributed by atoms with Gasteiger partial charge in [-0.25, -0.2) is 0 Å². The van der Waals surface area contributed by atoms with Crippen molar-refractivity contribution in [2.24, 2.45) is 17.6 Å². The quantitative estimate of drug-likeness (QED) is 0.699. The van der Waals surface area contributed by atoms with Gasteiger partial charge >= 0.3 is 0 Å². The molecular weight excluding hydrogens is 186 g/mol. The van der Waals surface area contributed by atoms with E-state index in [0.717, 1.165) is 6.42 Å². The van der Waals surface area contributed by atoms with Crippen LogP contribution in [0.25, 0.3) is 0 Å². The number of hydrogen-bond acceptors (Lipinski definition) is 2. The van der Waals surface area contributed by atoms with E-state index in [-0.39, 0.29) is 12.0 Å². The first-order valence-corrected chi connectivity index (χ1v) is 5.60. The Morgan fingerprint density at radius 1 is 1.60 bits per heavy atom. The Kier molecular flexibility index (Phi) is 4.15. The minimum atomic E-state index is -0.102. The molecule has 0 bridgehead atoms. The van der Waals surface area contributed by atoms with E-state index < -0.39 is 0 Å². The highest BCUT2D eigenvalue weighted by Crippen LogP contribution is 2.24. The van der Waals surface area contributed by atoms with E-state index in [4.69, 9.17) is 5.73 Å². The van der Waals surface area contributed by atoms with Crippen LogP contribution in [0.2, 0.25) is 0 Å². The third-order valence-electron chi connectivity index (χ3n) is 2.72. The summed E-state index contributed by atoms with van der Waals surface area (Å²) in [6, 6.07) is -0.102. The molecule has 1 aliphatic rings. The Balaban J connectivity index is 2.78. The van der Waals surface area contributed by atoms with Crippen LogP contribution < -0.4 is 5.73 Å². The Hall–Kier alpha value is -1.02. The maximum atomic E-state index is 9.77. The zero-order valence-corrected chi connectivity index (χ0v) is 9.77. The van der Waals surface area contributed by atoms with Gasteiger partial charge in [-0.15, -0.1) is 0 Å². The van der Waals surface area contributed by atoms with Gasteiger partial charge in [-0.05, 0) is 24.0 Å². The Morgan fingerprint density at radius 2 is 2.27 bits per heavy atom. The minimum absolute atomic E-state index is 0.0487. The van der Waals surface area contributed by atoms with Crippen molar-refractivity contribution in [2.45, 2.75) is 33.2 Å². The second-order valence-corrected chi connectivity index (χ2v) is 4.32. The molecule has 2 nitrogen and oxygen atoms in total. The average molecular weight is 207 g/mol. The summed E-state index contributed by atoms with van der Waals surface area (Å²) in [5, 5.41) is 9.77. The maximum absolute atomic E-state index is 9.77. The molecule has 0 heterocycles. The highest BCUT2D eigenvalue weighted by molar-refractivity contribution is 5.32. The van der Waals surface area contributed by atoms with Gasteiger partial charge < -0.3 is 10.8 Å². The summed E-state index contributed by atoms with van der Waals surface area (Å²) in [5.74, 6) is 0.832. The molecule has 15 heavy (non-hydrogen) atoms. The number of allylic oxidation sites excluding steroid dienone is 3. The maximum Gasteiger partial charge on any atom is 0.0970 e. The first-order valence-electron chi connectivity index (χ1n) is 5.60. The summed E-state index contributed by atoms with van der Waals surface area (Å²) >= 11 is 0. The third-order valence-corrected chi connectivity index (χ3v) is 2.72. The van der Waals surface area contributed by atoms with Crippen molar-refractivity contribution in [3.63, 3.8) is 0 Å². The summed E-state index contributed by atoms with van der Waals surface area (Å²) < 4.78 is 0. The third kappa shape index (κ3) is 2.96. The molecule has 0 saturated carbocycles. The Bertz CT molecular complexity index is 300. The molecule has 3 N–H and O–H groups in total. The van der Waals surface area contributed by atoms with E-state index in [1.807, 2.05) is 19.1 Å². The van der Waals surface area contributed by atoms with Gasteiger partial charge in [-0.2, -0.15) is 0 Å². The first kappa shape index (κ1) is 12.1. The zero-order chi connectivity index (χ0) is 11.4. The molecule has 2 atom stereocenters. The highest BCUT2D eigenvalue weighted by Gasteiger charge is 2.21. The predicted octanol–water partition coefficient (Wildman–Crippen LogP) is 2.93. The van der Waals surface area contributed by atoms with Crippen LogP contribution in [-0.2, 0) is 0 Å². The van der Waals surface area contributed by atoms with E-state index in [2.05, 4.69) is 26.0 Å². The molecule has 0 fully saturated rings. The van der Waals surface area contributed by atoms with Crippen LogP contribution in [0.3, 0.4) is 0 Å². The summed E-state index contributed by atoms with van der Waals surface area (Å²) in [6.07, 6.45) is 8.78. The van der Waals surface area contributed by atoms with E-state index in [9.17, 15) is 5.11 Å². The molecular formula is C13H21NO. The van der Waals surface area contributed by atoms with Gasteiger partial charge in [0.1, 0.15) is 0 Å². The number of nitrogens with two attached hydrogens (primary N) is 1. The standard InChI is InChI=1S/C13H21NO/c1-4-5-13(15)11-7-6-10(9(2)3)8-12(11)14/h5-9,11-12,15H,4,14H2,1-3H3/b13-5+. The number of aliphatic hydroxyl groups is 1. The van der Waals surface area contributed by atoms with Crippen LogP contribution in [-0.4, -0.2) is 11.1 Å². The van der Waals surface area contributed by atoms with Gasteiger partial charge in [0, 0.05) is 6.04 Å². The lowest BCUT2D eigenvalue weighted by Crippen LogP contribution is -2.30. The largest absolute Gasteiger partial charge is 0.512 e. The van der Waals surface area contributed by atoms with E-state index in [1.165, 1.54) is 5.57 Å². The summed E-state index contributed by atoms with van der Waals surface area (Å²) in [4.78, 5) is 0. The highest BCUT2D eigenvalue weighted by atomic mass is 16.3. The molecule has 0 aromatic heterocycles. The van der Waals surface area contributed by atoms with Crippen molar-refractivity contribution in [3.05, 3.63) is 35.6 Å². The van der Waals surface area contributed by atoms with Crippen molar-refractivity contribution in [2.75, 3.05) is 0 Å². The lowest BCUT2D eigenvalue weighted by atomic mass is 9.87. The molecule has 2 unspecified atom stereocenters. The lowest BCUT2D eigenvalue weighted by Gasteiger charge is -2.23. The van der Waals surface area contributed by atoms with Crippen LogP contribution in [0.5, 0.6) is 0 Å². The molecule has 0 radical (unpaired) electrons. The second kappa shape index (κ2) is 5.17. The van der Waals surface area contributed by atoms with Crippen molar-refractivity contribution in [1.29, 1.82) is 0 Å². The van der Waals surface area contributed by atoms with Crippen LogP contribution in [0.4, 0.5) is 0 Å². The Morgan fingerprint density at radius 3 is 2.73 bits per heavy atom. The van der Waals surface area contributed by atoms with Gasteiger partial charge in [0.15, 0.2) is 0 Å². The van der Waals surface area contributed by atoms with Crippen molar-refractivity contribution >= 4 is 0 Å².